The zero-order valence-corrected chi connectivity index (χ0v) is 11.7. The van der Waals surface area contributed by atoms with E-state index < -0.39 is 21.8 Å². The largest absolute Gasteiger partial charge is 0.478 e. The second-order valence-electron chi connectivity index (χ2n) is 4.22. The Hall–Kier alpha value is -2.48. The maximum Gasteiger partial charge on any atom is 0.339 e. The first-order valence-electron chi connectivity index (χ1n) is 5.78. The van der Waals surface area contributed by atoms with Crippen LogP contribution in [0.5, 0.6) is 0 Å². The highest BCUT2D eigenvalue weighted by Gasteiger charge is 2.20. The minimum Gasteiger partial charge on any atom is -0.478 e. The average Bonchev–Trinajstić information content (AvgIpc) is 2.41. The van der Waals surface area contributed by atoms with Gasteiger partial charge in [0.05, 0.1) is 4.90 Å². The Bertz CT molecular complexity index is 806. The molecule has 0 aliphatic heterocycles. The summed E-state index contributed by atoms with van der Waals surface area (Å²) in [6, 6.07) is 5.99. The maximum absolute atomic E-state index is 13.5. The van der Waals surface area contributed by atoms with Gasteiger partial charge in [0.1, 0.15) is 11.4 Å². The third kappa shape index (κ3) is 3.16. The summed E-state index contributed by atoms with van der Waals surface area (Å²) in [5.74, 6) is -2.32. The molecule has 6 nitrogen and oxygen atoms in total. The summed E-state index contributed by atoms with van der Waals surface area (Å²) in [5.41, 5.74) is 0.00618. The van der Waals surface area contributed by atoms with Crippen molar-refractivity contribution in [2.45, 2.75) is 11.8 Å². The van der Waals surface area contributed by atoms with E-state index in [9.17, 15) is 17.6 Å². The van der Waals surface area contributed by atoms with Crippen LogP contribution in [0.4, 0.5) is 10.2 Å². The summed E-state index contributed by atoms with van der Waals surface area (Å²) in [6.45, 7) is 1.50. The summed E-state index contributed by atoms with van der Waals surface area (Å²) in [4.78, 5) is 14.4. The average molecular weight is 310 g/mol. The zero-order chi connectivity index (χ0) is 15.6. The first-order valence-corrected chi connectivity index (χ1v) is 7.27. The molecule has 2 N–H and O–H groups in total. The van der Waals surface area contributed by atoms with E-state index in [4.69, 9.17) is 5.11 Å². The van der Waals surface area contributed by atoms with Gasteiger partial charge in [-0.15, -0.1) is 0 Å². The Labute approximate surface area is 120 Å². The van der Waals surface area contributed by atoms with E-state index in [1.807, 2.05) is 4.72 Å². The summed E-state index contributed by atoms with van der Waals surface area (Å²) in [6.07, 6.45) is 1.25. The Kier molecular flexibility index (Phi) is 3.90. The van der Waals surface area contributed by atoms with Gasteiger partial charge in [-0.2, -0.15) is 0 Å². The van der Waals surface area contributed by atoms with Gasteiger partial charge in [-0.3, -0.25) is 4.72 Å². The SMILES string of the molecule is Cc1ccc(S(=O)(=O)Nc2ncccc2C(=O)O)cc1F. The van der Waals surface area contributed by atoms with E-state index in [1.54, 1.807) is 0 Å². The number of aryl methyl sites for hydroxylation is 1. The minimum absolute atomic E-state index is 0.298. The van der Waals surface area contributed by atoms with Crippen LogP contribution in [0.3, 0.4) is 0 Å². The number of hydrogen-bond acceptors (Lipinski definition) is 4. The maximum atomic E-state index is 13.5. The summed E-state index contributed by atoms with van der Waals surface area (Å²) in [7, 11) is -4.12. The third-order valence-electron chi connectivity index (χ3n) is 2.72. The van der Waals surface area contributed by atoms with Crippen molar-refractivity contribution in [3.8, 4) is 0 Å². The molecule has 1 aromatic heterocycles. The van der Waals surface area contributed by atoms with E-state index in [0.717, 1.165) is 6.07 Å². The number of rotatable bonds is 4. The van der Waals surface area contributed by atoms with Crippen LogP contribution in [0.15, 0.2) is 41.4 Å². The zero-order valence-electron chi connectivity index (χ0n) is 10.9. The topological polar surface area (TPSA) is 96.4 Å². The summed E-state index contributed by atoms with van der Waals surface area (Å²) >= 11 is 0. The fourth-order valence-corrected chi connectivity index (χ4v) is 2.63. The fourth-order valence-electron chi connectivity index (χ4n) is 1.59. The van der Waals surface area contributed by atoms with Crippen LogP contribution in [0.1, 0.15) is 15.9 Å². The number of aromatic nitrogens is 1. The Morgan fingerprint density at radius 1 is 1.33 bits per heavy atom. The van der Waals surface area contributed by atoms with E-state index in [1.165, 1.54) is 37.4 Å². The van der Waals surface area contributed by atoms with Crippen molar-refractivity contribution in [3.63, 3.8) is 0 Å². The van der Waals surface area contributed by atoms with Gasteiger partial charge in [0.2, 0.25) is 0 Å². The number of hydrogen-bond donors (Lipinski definition) is 2. The van der Waals surface area contributed by atoms with E-state index >= 15 is 0 Å². The molecule has 21 heavy (non-hydrogen) atoms. The van der Waals surface area contributed by atoms with Crippen LogP contribution in [0, 0.1) is 12.7 Å². The van der Waals surface area contributed by atoms with Crippen molar-refractivity contribution in [2.75, 3.05) is 4.72 Å². The minimum atomic E-state index is -4.12. The lowest BCUT2D eigenvalue weighted by molar-refractivity contribution is 0.0697. The van der Waals surface area contributed by atoms with Crippen molar-refractivity contribution >= 4 is 21.8 Å². The smallest absolute Gasteiger partial charge is 0.339 e. The van der Waals surface area contributed by atoms with Gasteiger partial charge in [-0.05, 0) is 36.8 Å². The molecule has 8 heteroatoms. The number of aromatic carboxylic acids is 1. The lowest BCUT2D eigenvalue weighted by Crippen LogP contribution is -2.17. The van der Waals surface area contributed by atoms with E-state index in [2.05, 4.69) is 4.98 Å². The first kappa shape index (κ1) is 14.9. The van der Waals surface area contributed by atoms with Crippen molar-refractivity contribution in [2.24, 2.45) is 0 Å². The van der Waals surface area contributed by atoms with Gasteiger partial charge < -0.3 is 5.11 Å². The van der Waals surface area contributed by atoms with Gasteiger partial charge in [0.15, 0.2) is 5.82 Å². The molecule has 0 fully saturated rings. The molecule has 0 amide bonds. The third-order valence-corrected chi connectivity index (χ3v) is 4.06. The molecule has 0 saturated carbocycles. The number of carbonyl (C=O) groups is 1. The number of carboxylic acid groups (broad SMARTS) is 1. The van der Waals surface area contributed by atoms with Crippen molar-refractivity contribution in [3.05, 3.63) is 53.5 Å². The lowest BCUT2D eigenvalue weighted by Gasteiger charge is -2.09. The Morgan fingerprint density at radius 3 is 2.67 bits per heavy atom. The van der Waals surface area contributed by atoms with E-state index in [-0.39, 0.29) is 16.3 Å². The van der Waals surface area contributed by atoms with Gasteiger partial charge in [0.25, 0.3) is 10.0 Å². The summed E-state index contributed by atoms with van der Waals surface area (Å²) < 4.78 is 39.8. The standard InChI is InChI=1S/C13H11FN2O4S/c1-8-4-5-9(7-11(8)14)21(19,20)16-12-10(13(17)18)3-2-6-15-12/h2-7H,1H3,(H,15,16)(H,17,18). The quantitative estimate of drug-likeness (QED) is 0.900. The number of pyridine rings is 1. The fraction of sp³-hybridized carbons (Fsp3) is 0.0769. The van der Waals surface area contributed by atoms with Crippen molar-refractivity contribution in [1.29, 1.82) is 0 Å². The van der Waals surface area contributed by atoms with E-state index in [0.29, 0.717) is 5.56 Å². The highest BCUT2D eigenvalue weighted by molar-refractivity contribution is 7.92. The van der Waals surface area contributed by atoms with Crippen LogP contribution in [-0.4, -0.2) is 24.5 Å². The molecule has 0 atom stereocenters. The Balaban J connectivity index is 2.42. The molecule has 110 valence electrons. The highest BCUT2D eigenvalue weighted by Crippen LogP contribution is 2.19. The van der Waals surface area contributed by atoms with Crippen molar-refractivity contribution in [1.82, 2.24) is 4.98 Å². The summed E-state index contributed by atoms with van der Waals surface area (Å²) in [5, 5.41) is 8.98. The van der Waals surface area contributed by atoms with Gasteiger partial charge in [-0.25, -0.2) is 22.6 Å². The first-order chi connectivity index (χ1) is 9.81. The number of halogens is 1. The molecule has 0 aliphatic rings. The molecule has 0 aliphatic carbocycles. The normalized spacial score (nSPS) is 11.1. The molecule has 2 aromatic rings. The molecule has 0 saturated heterocycles. The van der Waals surface area contributed by atoms with Gasteiger partial charge in [-0.1, -0.05) is 6.07 Å². The monoisotopic (exact) mass is 310 g/mol. The molecule has 1 aromatic carbocycles. The number of sulfonamides is 1. The molecule has 1 heterocycles. The molecule has 2 rings (SSSR count). The second kappa shape index (κ2) is 5.49. The van der Waals surface area contributed by atoms with Crippen LogP contribution in [0.25, 0.3) is 0 Å². The van der Waals surface area contributed by atoms with Crippen LogP contribution in [0.2, 0.25) is 0 Å². The number of nitrogens with zero attached hydrogens (tertiary/aromatic N) is 1. The molecule has 0 unspecified atom stereocenters. The number of anilines is 1. The predicted octanol–water partition coefficient (Wildman–Crippen LogP) is 2.03. The van der Waals surface area contributed by atoms with Gasteiger partial charge in [0, 0.05) is 6.20 Å². The van der Waals surface area contributed by atoms with Crippen LogP contribution < -0.4 is 4.72 Å². The highest BCUT2D eigenvalue weighted by atomic mass is 32.2. The van der Waals surface area contributed by atoms with Gasteiger partial charge >= 0.3 is 5.97 Å². The Morgan fingerprint density at radius 2 is 2.05 bits per heavy atom. The van der Waals surface area contributed by atoms with Crippen LogP contribution >= 0.6 is 0 Å². The van der Waals surface area contributed by atoms with Crippen molar-refractivity contribution < 1.29 is 22.7 Å². The number of benzene rings is 1. The lowest BCUT2D eigenvalue weighted by atomic mass is 10.2. The molecular weight excluding hydrogens is 299 g/mol. The second-order valence-corrected chi connectivity index (χ2v) is 5.90. The predicted molar refractivity (Wildman–Crippen MR) is 73.1 cm³/mol. The molecular formula is C13H11FN2O4S. The number of carboxylic acids is 1. The molecule has 0 bridgehead atoms. The van der Waals surface area contributed by atoms with Crippen LogP contribution in [-0.2, 0) is 10.0 Å². The number of nitrogens with one attached hydrogen (secondary N) is 1. The molecule has 0 spiro atoms. The molecule has 0 radical (unpaired) electrons.